The van der Waals surface area contributed by atoms with Gasteiger partial charge in [-0.1, -0.05) is 44.2 Å². The van der Waals surface area contributed by atoms with E-state index in [1.165, 1.54) is 0 Å². The summed E-state index contributed by atoms with van der Waals surface area (Å²) in [4.78, 5) is 24.2. The molecule has 22 heavy (non-hydrogen) atoms. The van der Waals surface area contributed by atoms with Gasteiger partial charge in [-0.05, 0) is 30.4 Å². The summed E-state index contributed by atoms with van der Waals surface area (Å²) in [6.45, 7) is 7.52. The Morgan fingerprint density at radius 1 is 1.23 bits per heavy atom. The first-order valence-corrected chi connectivity index (χ1v) is 7.60. The standard InChI is InChI=1S/C18H22O4/c1-4-12-11-18(15(19)20,16(21)22)17(5-2,6-3)14-10-8-7-9-13(12)14/h4,7-10,12H,1,5-6,11H2,2-3H3,(H,19,20)(H,21,22). The molecule has 0 aliphatic heterocycles. The number of fused-ring (bicyclic) bond motifs is 1. The third kappa shape index (κ3) is 1.83. The number of hydrogen-bond donors (Lipinski definition) is 2. The Morgan fingerprint density at radius 2 is 1.77 bits per heavy atom. The van der Waals surface area contributed by atoms with E-state index in [0.717, 1.165) is 11.1 Å². The number of rotatable bonds is 5. The van der Waals surface area contributed by atoms with Crippen molar-refractivity contribution in [1.82, 2.24) is 0 Å². The summed E-state index contributed by atoms with van der Waals surface area (Å²) in [6.07, 6.45) is 2.63. The molecule has 0 radical (unpaired) electrons. The zero-order valence-corrected chi connectivity index (χ0v) is 13.0. The number of hydrogen-bond acceptors (Lipinski definition) is 2. The molecule has 1 atom stereocenters. The van der Waals surface area contributed by atoms with Gasteiger partial charge in [-0.2, -0.15) is 0 Å². The van der Waals surface area contributed by atoms with E-state index in [0.29, 0.717) is 12.8 Å². The van der Waals surface area contributed by atoms with Crippen LogP contribution in [0, 0.1) is 5.41 Å². The maximum Gasteiger partial charge on any atom is 0.322 e. The number of carboxylic acids is 2. The van der Waals surface area contributed by atoms with E-state index >= 15 is 0 Å². The fraction of sp³-hybridized carbons (Fsp3) is 0.444. The summed E-state index contributed by atoms with van der Waals surface area (Å²) in [5.74, 6) is -2.79. The monoisotopic (exact) mass is 302 g/mol. The van der Waals surface area contributed by atoms with Crippen molar-refractivity contribution in [2.75, 3.05) is 0 Å². The number of benzene rings is 1. The van der Waals surface area contributed by atoms with E-state index in [-0.39, 0.29) is 12.3 Å². The van der Waals surface area contributed by atoms with Crippen LogP contribution in [0.5, 0.6) is 0 Å². The first kappa shape index (κ1) is 16.3. The van der Waals surface area contributed by atoms with Gasteiger partial charge in [0.25, 0.3) is 0 Å². The third-order valence-electron chi connectivity index (χ3n) is 5.44. The smallest absolute Gasteiger partial charge is 0.322 e. The molecule has 1 unspecified atom stereocenters. The Hall–Kier alpha value is -2.10. The van der Waals surface area contributed by atoms with E-state index in [1.54, 1.807) is 6.08 Å². The van der Waals surface area contributed by atoms with Crippen molar-refractivity contribution in [2.45, 2.75) is 44.4 Å². The summed E-state index contributed by atoms with van der Waals surface area (Å²) in [5, 5.41) is 19.8. The van der Waals surface area contributed by atoms with Crippen LogP contribution in [0.3, 0.4) is 0 Å². The SMILES string of the molecule is C=CC1CC(C(=O)O)(C(=O)O)C(CC)(CC)c2ccccc21. The van der Waals surface area contributed by atoms with Crippen LogP contribution in [-0.4, -0.2) is 22.2 Å². The van der Waals surface area contributed by atoms with Crippen molar-refractivity contribution in [3.63, 3.8) is 0 Å². The van der Waals surface area contributed by atoms with E-state index in [1.807, 2.05) is 38.1 Å². The van der Waals surface area contributed by atoms with Crippen molar-refractivity contribution >= 4 is 11.9 Å². The Balaban J connectivity index is 2.89. The molecule has 2 N–H and O–H groups in total. The highest BCUT2D eigenvalue weighted by Crippen LogP contribution is 2.58. The minimum absolute atomic E-state index is 0.0415. The largest absolute Gasteiger partial charge is 0.480 e. The van der Waals surface area contributed by atoms with Crippen molar-refractivity contribution in [3.05, 3.63) is 48.0 Å². The van der Waals surface area contributed by atoms with Gasteiger partial charge in [0.2, 0.25) is 0 Å². The average Bonchev–Trinajstić information content (AvgIpc) is 2.52. The van der Waals surface area contributed by atoms with Crippen molar-refractivity contribution < 1.29 is 19.8 Å². The number of aliphatic carboxylic acids is 2. The van der Waals surface area contributed by atoms with Gasteiger partial charge in [-0.15, -0.1) is 6.58 Å². The van der Waals surface area contributed by atoms with Crippen LogP contribution in [0.15, 0.2) is 36.9 Å². The van der Waals surface area contributed by atoms with Crippen molar-refractivity contribution in [3.8, 4) is 0 Å². The van der Waals surface area contributed by atoms with Crippen LogP contribution in [-0.2, 0) is 15.0 Å². The Labute approximate surface area is 130 Å². The molecule has 1 aliphatic carbocycles. The lowest BCUT2D eigenvalue weighted by Crippen LogP contribution is -2.58. The summed E-state index contributed by atoms with van der Waals surface area (Å²) in [6, 6.07) is 7.58. The van der Waals surface area contributed by atoms with Gasteiger partial charge >= 0.3 is 11.9 Å². The molecule has 0 bridgehead atoms. The second kappa shape index (κ2) is 5.59. The Morgan fingerprint density at radius 3 is 2.23 bits per heavy atom. The quantitative estimate of drug-likeness (QED) is 0.644. The predicted molar refractivity (Wildman–Crippen MR) is 84.0 cm³/mol. The van der Waals surface area contributed by atoms with E-state index in [2.05, 4.69) is 6.58 Å². The highest BCUT2D eigenvalue weighted by Gasteiger charge is 2.64. The predicted octanol–water partition coefficient (Wildman–Crippen LogP) is 3.57. The highest BCUT2D eigenvalue weighted by molar-refractivity contribution is 6.01. The molecule has 118 valence electrons. The molecule has 1 aromatic carbocycles. The number of allylic oxidation sites excluding steroid dienone is 1. The summed E-state index contributed by atoms with van der Waals surface area (Å²) in [5.41, 5.74) is -0.912. The first-order chi connectivity index (χ1) is 10.4. The van der Waals surface area contributed by atoms with Crippen LogP contribution in [0.25, 0.3) is 0 Å². The lowest BCUT2D eigenvalue weighted by atomic mass is 9.49. The minimum atomic E-state index is -1.83. The lowest BCUT2D eigenvalue weighted by Gasteiger charge is -2.51. The van der Waals surface area contributed by atoms with E-state index in [4.69, 9.17) is 0 Å². The van der Waals surface area contributed by atoms with Crippen LogP contribution in [0.1, 0.15) is 50.2 Å². The lowest BCUT2D eigenvalue weighted by molar-refractivity contribution is -0.174. The highest BCUT2D eigenvalue weighted by atomic mass is 16.4. The fourth-order valence-corrected chi connectivity index (χ4v) is 4.24. The average molecular weight is 302 g/mol. The van der Waals surface area contributed by atoms with Gasteiger partial charge in [-0.25, -0.2) is 0 Å². The molecule has 0 heterocycles. The molecule has 0 aromatic heterocycles. The summed E-state index contributed by atoms with van der Waals surface area (Å²) >= 11 is 0. The van der Waals surface area contributed by atoms with Crippen LogP contribution in [0.2, 0.25) is 0 Å². The zero-order valence-electron chi connectivity index (χ0n) is 13.0. The Bertz CT molecular complexity index is 599. The minimum Gasteiger partial charge on any atom is -0.480 e. The molecule has 2 rings (SSSR count). The second-order valence-corrected chi connectivity index (χ2v) is 5.94. The molecule has 0 spiro atoms. The van der Waals surface area contributed by atoms with Gasteiger partial charge in [-0.3, -0.25) is 9.59 Å². The third-order valence-corrected chi connectivity index (χ3v) is 5.44. The van der Waals surface area contributed by atoms with Gasteiger partial charge in [0.05, 0.1) is 0 Å². The topological polar surface area (TPSA) is 74.6 Å². The van der Waals surface area contributed by atoms with Gasteiger partial charge < -0.3 is 10.2 Å². The molecular weight excluding hydrogens is 280 g/mol. The van der Waals surface area contributed by atoms with Crippen LogP contribution < -0.4 is 0 Å². The molecule has 1 aromatic rings. The van der Waals surface area contributed by atoms with Crippen LogP contribution in [0.4, 0.5) is 0 Å². The van der Waals surface area contributed by atoms with Gasteiger partial charge in [0, 0.05) is 11.3 Å². The molecule has 1 aliphatic rings. The zero-order chi connectivity index (χ0) is 16.5. The summed E-state index contributed by atoms with van der Waals surface area (Å²) < 4.78 is 0. The first-order valence-electron chi connectivity index (χ1n) is 7.60. The fourth-order valence-electron chi connectivity index (χ4n) is 4.24. The summed E-state index contributed by atoms with van der Waals surface area (Å²) in [7, 11) is 0. The number of carboxylic acid groups (broad SMARTS) is 2. The van der Waals surface area contributed by atoms with Gasteiger partial charge in [0.15, 0.2) is 5.41 Å². The van der Waals surface area contributed by atoms with E-state index < -0.39 is 22.8 Å². The molecule has 4 nitrogen and oxygen atoms in total. The maximum absolute atomic E-state index is 12.1. The van der Waals surface area contributed by atoms with Crippen molar-refractivity contribution in [1.29, 1.82) is 0 Å². The van der Waals surface area contributed by atoms with Gasteiger partial charge in [0.1, 0.15) is 0 Å². The maximum atomic E-state index is 12.1. The Kier molecular flexibility index (Phi) is 4.14. The molecule has 0 saturated heterocycles. The van der Waals surface area contributed by atoms with Crippen LogP contribution >= 0.6 is 0 Å². The molecule has 0 amide bonds. The van der Waals surface area contributed by atoms with Crippen molar-refractivity contribution in [2.24, 2.45) is 5.41 Å². The molecule has 4 heteroatoms. The second-order valence-electron chi connectivity index (χ2n) is 5.94. The molecule has 0 fully saturated rings. The molecular formula is C18H22O4. The van der Waals surface area contributed by atoms with E-state index in [9.17, 15) is 19.8 Å². The number of carbonyl (C=O) groups is 2. The normalized spacial score (nSPS) is 21.6. The molecule has 0 saturated carbocycles.